The maximum absolute atomic E-state index is 11.7. The van der Waals surface area contributed by atoms with Crippen molar-refractivity contribution in [1.29, 1.82) is 0 Å². The molecule has 2 aliphatic rings. The minimum Gasteiger partial charge on any atom is -0.288 e. The number of rotatable bonds is 2. The summed E-state index contributed by atoms with van der Waals surface area (Å²) in [6.07, 6.45) is 4.76. The summed E-state index contributed by atoms with van der Waals surface area (Å²) in [5.74, 6) is -0.522. The van der Waals surface area contributed by atoms with Crippen LogP contribution in [0.4, 0.5) is 0 Å². The SMILES string of the molecule is CS(=O)(=O)N1CCC2(CCc3ccc(C(=O)NO)cc3C2)C1. The van der Waals surface area contributed by atoms with Crippen molar-refractivity contribution < 1.29 is 18.4 Å². The number of hydroxylamine groups is 1. The third-order valence-electron chi connectivity index (χ3n) is 4.93. The molecule has 0 radical (unpaired) electrons. The molecule has 1 saturated heterocycles. The topological polar surface area (TPSA) is 86.7 Å². The Morgan fingerprint density at radius 1 is 1.32 bits per heavy atom. The fourth-order valence-electron chi connectivity index (χ4n) is 3.66. The molecule has 22 heavy (non-hydrogen) atoms. The van der Waals surface area contributed by atoms with Gasteiger partial charge in [-0.3, -0.25) is 10.0 Å². The number of carbonyl (C=O) groups excluding carboxylic acids is 1. The number of fused-ring (bicyclic) bond motifs is 1. The Hall–Kier alpha value is -1.44. The minimum absolute atomic E-state index is 0.0234. The van der Waals surface area contributed by atoms with E-state index in [-0.39, 0.29) is 5.41 Å². The van der Waals surface area contributed by atoms with Crippen molar-refractivity contribution in [3.63, 3.8) is 0 Å². The van der Waals surface area contributed by atoms with E-state index in [1.165, 1.54) is 11.8 Å². The van der Waals surface area contributed by atoms with Crippen LogP contribution in [0.15, 0.2) is 18.2 Å². The van der Waals surface area contributed by atoms with E-state index >= 15 is 0 Å². The van der Waals surface area contributed by atoms with Gasteiger partial charge in [0.2, 0.25) is 10.0 Å². The van der Waals surface area contributed by atoms with Gasteiger partial charge in [0.05, 0.1) is 6.26 Å². The molecule has 2 N–H and O–H groups in total. The summed E-state index contributed by atoms with van der Waals surface area (Å²) < 4.78 is 25.0. The molecule has 1 aromatic carbocycles. The maximum atomic E-state index is 11.7. The van der Waals surface area contributed by atoms with Crippen LogP contribution in [0, 0.1) is 5.41 Å². The molecule has 1 amide bonds. The lowest BCUT2D eigenvalue weighted by molar-refractivity contribution is 0.0706. The molecule has 0 bridgehead atoms. The zero-order valence-corrected chi connectivity index (χ0v) is 13.3. The number of hydrogen-bond donors (Lipinski definition) is 2. The molecule has 1 aliphatic carbocycles. The highest BCUT2D eigenvalue weighted by Crippen LogP contribution is 2.43. The first-order chi connectivity index (χ1) is 10.3. The molecule has 120 valence electrons. The van der Waals surface area contributed by atoms with Crippen molar-refractivity contribution in [3.8, 4) is 0 Å². The van der Waals surface area contributed by atoms with Gasteiger partial charge in [0.25, 0.3) is 5.91 Å². The number of nitrogens with zero attached hydrogens (tertiary/aromatic N) is 1. The van der Waals surface area contributed by atoms with Gasteiger partial charge in [-0.05, 0) is 54.4 Å². The second-order valence-electron chi connectivity index (χ2n) is 6.45. The molecular weight excluding hydrogens is 304 g/mol. The standard InChI is InChI=1S/C15H20N2O4S/c1-22(20,21)17-7-6-15(10-17)5-4-11-2-3-12(14(18)16-19)8-13(11)9-15/h2-3,8,19H,4-7,9-10H2,1H3,(H,16,18). The average molecular weight is 324 g/mol. The molecule has 1 spiro atoms. The lowest BCUT2D eigenvalue weighted by Gasteiger charge is -2.34. The summed E-state index contributed by atoms with van der Waals surface area (Å²) in [4.78, 5) is 11.5. The molecule has 1 unspecified atom stereocenters. The molecule has 3 rings (SSSR count). The van der Waals surface area contributed by atoms with Crippen molar-refractivity contribution in [2.24, 2.45) is 5.41 Å². The van der Waals surface area contributed by atoms with Crippen LogP contribution >= 0.6 is 0 Å². The van der Waals surface area contributed by atoms with Gasteiger partial charge < -0.3 is 0 Å². The fraction of sp³-hybridized carbons (Fsp3) is 0.533. The zero-order valence-electron chi connectivity index (χ0n) is 12.5. The molecule has 7 heteroatoms. The van der Waals surface area contributed by atoms with Crippen LogP contribution < -0.4 is 5.48 Å². The zero-order chi connectivity index (χ0) is 16.0. The summed E-state index contributed by atoms with van der Waals surface area (Å²) in [5.41, 5.74) is 4.35. The number of amides is 1. The number of hydrogen-bond acceptors (Lipinski definition) is 4. The fourth-order valence-corrected chi connectivity index (χ4v) is 4.59. The third-order valence-corrected chi connectivity index (χ3v) is 6.18. The van der Waals surface area contributed by atoms with Crippen LogP contribution in [0.5, 0.6) is 0 Å². The van der Waals surface area contributed by atoms with E-state index in [1.807, 2.05) is 12.1 Å². The van der Waals surface area contributed by atoms with E-state index in [0.717, 1.165) is 31.2 Å². The molecule has 1 heterocycles. The summed E-state index contributed by atoms with van der Waals surface area (Å²) in [6.45, 7) is 1.13. The van der Waals surface area contributed by atoms with E-state index in [0.29, 0.717) is 18.7 Å². The quantitative estimate of drug-likeness (QED) is 0.626. The Labute approximate surface area is 130 Å². The Kier molecular flexibility index (Phi) is 3.74. The van der Waals surface area contributed by atoms with Crippen LogP contribution in [-0.2, 0) is 22.9 Å². The molecule has 1 fully saturated rings. The lowest BCUT2D eigenvalue weighted by atomic mass is 9.71. The van der Waals surface area contributed by atoms with Crippen molar-refractivity contribution in [3.05, 3.63) is 34.9 Å². The van der Waals surface area contributed by atoms with Gasteiger partial charge in [-0.25, -0.2) is 18.2 Å². The van der Waals surface area contributed by atoms with Crippen molar-refractivity contribution in [2.75, 3.05) is 19.3 Å². The van der Waals surface area contributed by atoms with Gasteiger partial charge in [0.15, 0.2) is 0 Å². The molecule has 1 atom stereocenters. The van der Waals surface area contributed by atoms with E-state index in [1.54, 1.807) is 15.9 Å². The first-order valence-corrected chi connectivity index (χ1v) is 9.19. The van der Waals surface area contributed by atoms with E-state index in [9.17, 15) is 13.2 Å². The predicted octanol–water partition coefficient (Wildman–Crippen LogP) is 0.946. The van der Waals surface area contributed by atoms with E-state index in [2.05, 4.69) is 0 Å². The number of aryl methyl sites for hydroxylation is 1. The summed E-state index contributed by atoms with van der Waals surface area (Å²) in [5, 5.41) is 8.75. The van der Waals surface area contributed by atoms with Gasteiger partial charge in [0, 0.05) is 18.7 Å². The van der Waals surface area contributed by atoms with Crippen LogP contribution in [0.25, 0.3) is 0 Å². The second-order valence-corrected chi connectivity index (χ2v) is 8.43. The van der Waals surface area contributed by atoms with Gasteiger partial charge in [-0.2, -0.15) is 0 Å². The van der Waals surface area contributed by atoms with E-state index in [4.69, 9.17) is 5.21 Å². The van der Waals surface area contributed by atoms with Crippen molar-refractivity contribution in [2.45, 2.75) is 25.7 Å². The first-order valence-electron chi connectivity index (χ1n) is 7.34. The maximum Gasteiger partial charge on any atom is 0.274 e. The Morgan fingerprint density at radius 3 is 2.73 bits per heavy atom. The number of carbonyl (C=O) groups is 1. The largest absolute Gasteiger partial charge is 0.288 e. The highest BCUT2D eigenvalue weighted by molar-refractivity contribution is 7.88. The van der Waals surface area contributed by atoms with Crippen molar-refractivity contribution in [1.82, 2.24) is 9.79 Å². The van der Waals surface area contributed by atoms with Gasteiger partial charge >= 0.3 is 0 Å². The molecule has 0 aromatic heterocycles. The normalized spacial score (nSPS) is 25.2. The lowest BCUT2D eigenvalue weighted by Crippen LogP contribution is -2.35. The summed E-state index contributed by atoms with van der Waals surface area (Å²) >= 11 is 0. The van der Waals surface area contributed by atoms with Gasteiger partial charge in [-0.1, -0.05) is 6.07 Å². The Morgan fingerprint density at radius 2 is 2.09 bits per heavy atom. The Balaban J connectivity index is 1.86. The van der Waals surface area contributed by atoms with Crippen LogP contribution in [0.2, 0.25) is 0 Å². The number of nitrogens with one attached hydrogen (secondary N) is 1. The molecule has 1 aromatic rings. The third kappa shape index (κ3) is 2.76. The monoisotopic (exact) mass is 324 g/mol. The summed E-state index contributed by atoms with van der Waals surface area (Å²) in [6, 6.07) is 5.45. The molecule has 0 saturated carbocycles. The van der Waals surface area contributed by atoms with Crippen molar-refractivity contribution >= 4 is 15.9 Å². The Bertz CT molecular complexity index is 716. The highest BCUT2D eigenvalue weighted by atomic mass is 32.2. The molecule has 6 nitrogen and oxygen atoms in total. The van der Waals surface area contributed by atoms with Crippen LogP contribution in [-0.4, -0.2) is 43.2 Å². The van der Waals surface area contributed by atoms with Crippen LogP contribution in [0.1, 0.15) is 34.3 Å². The predicted molar refractivity (Wildman–Crippen MR) is 81.2 cm³/mol. The summed E-state index contributed by atoms with van der Waals surface area (Å²) in [7, 11) is -3.14. The first kappa shape index (κ1) is 15.5. The average Bonchev–Trinajstić information content (AvgIpc) is 2.89. The van der Waals surface area contributed by atoms with Gasteiger partial charge in [0.1, 0.15) is 0 Å². The molecule has 1 aliphatic heterocycles. The van der Waals surface area contributed by atoms with Gasteiger partial charge in [-0.15, -0.1) is 0 Å². The van der Waals surface area contributed by atoms with E-state index < -0.39 is 15.9 Å². The second kappa shape index (κ2) is 5.33. The number of benzene rings is 1. The molecular formula is C15H20N2O4S. The van der Waals surface area contributed by atoms with Crippen LogP contribution in [0.3, 0.4) is 0 Å². The highest BCUT2D eigenvalue weighted by Gasteiger charge is 2.43. The smallest absolute Gasteiger partial charge is 0.274 e. The minimum atomic E-state index is -3.14. The number of sulfonamides is 1.